The first-order valence-electron chi connectivity index (χ1n) is 8.01. The van der Waals surface area contributed by atoms with Crippen molar-refractivity contribution in [3.63, 3.8) is 0 Å². The molecule has 9 nitrogen and oxygen atoms in total. The van der Waals surface area contributed by atoms with Gasteiger partial charge in [-0.1, -0.05) is 0 Å². The van der Waals surface area contributed by atoms with E-state index >= 15 is 0 Å². The molecule has 0 saturated heterocycles. The molecule has 2 rings (SSSR count). The molecular formula is C18H21N3O6. The Morgan fingerprint density at radius 1 is 1.00 bits per heavy atom. The number of nitro groups is 1. The minimum absolute atomic E-state index is 0.124. The molecule has 2 aromatic carbocycles. The second-order valence-electron chi connectivity index (χ2n) is 5.57. The Hall–Kier alpha value is -3.49. The van der Waals surface area contributed by atoms with Crippen LogP contribution >= 0.6 is 0 Å². The number of benzene rings is 2. The number of carbonyl (C=O) groups excluding carboxylic acids is 1. The average Bonchev–Trinajstić information content (AvgIpc) is 2.67. The van der Waals surface area contributed by atoms with Crippen molar-refractivity contribution in [1.82, 2.24) is 0 Å². The third-order valence-corrected chi connectivity index (χ3v) is 3.81. The first-order valence-corrected chi connectivity index (χ1v) is 8.01. The van der Waals surface area contributed by atoms with E-state index in [1.165, 1.54) is 32.4 Å². The zero-order chi connectivity index (χ0) is 20.0. The second kappa shape index (κ2) is 8.75. The average molecular weight is 375 g/mol. The van der Waals surface area contributed by atoms with Crippen LogP contribution in [-0.2, 0) is 4.79 Å². The Balaban J connectivity index is 2.11. The van der Waals surface area contributed by atoms with Crippen molar-refractivity contribution in [3.05, 3.63) is 46.5 Å². The molecule has 1 amide bonds. The summed E-state index contributed by atoms with van der Waals surface area (Å²) in [6, 6.07) is 8.59. The zero-order valence-corrected chi connectivity index (χ0v) is 15.4. The molecule has 0 spiro atoms. The van der Waals surface area contributed by atoms with Crippen LogP contribution in [0.2, 0.25) is 0 Å². The van der Waals surface area contributed by atoms with E-state index in [0.29, 0.717) is 22.9 Å². The van der Waals surface area contributed by atoms with Crippen LogP contribution in [-0.4, -0.2) is 38.2 Å². The topological polar surface area (TPSA) is 112 Å². The fourth-order valence-electron chi connectivity index (χ4n) is 2.38. The Bertz CT molecular complexity index is 840. The van der Waals surface area contributed by atoms with Gasteiger partial charge >= 0.3 is 0 Å². The highest BCUT2D eigenvalue weighted by molar-refractivity contribution is 5.97. The zero-order valence-electron chi connectivity index (χ0n) is 15.4. The Morgan fingerprint density at radius 2 is 1.67 bits per heavy atom. The van der Waals surface area contributed by atoms with Gasteiger partial charge in [-0.2, -0.15) is 0 Å². The van der Waals surface area contributed by atoms with Crippen LogP contribution in [0.1, 0.15) is 6.92 Å². The summed E-state index contributed by atoms with van der Waals surface area (Å²) in [5, 5.41) is 16.6. The lowest BCUT2D eigenvalue weighted by atomic mass is 10.2. The van der Waals surface area contributed by atoms with Crippen LogP contribution in [0.15, 0.2) is 36.4 Å². The summed E-state index contributed by atoms with van der Waals surface area (Å²) in [7, 11) is 4.44. The minimum Gasteiger partial charge on any atom is -0.494 e. The summed E-state index contributed by atoms with van der Waals surface area (Å²) < 4.78 is 15.5. The van der Waals surface area contributed by atoms with E-state index in [-0.39, 0.29) is 17.3 Å². The summed E-state index contributed by atoms with van der Waals surface area (Å²) in [5.74, 6) is 0.982. The van der Waals surface area contributed by atoms with E-state index in [9.17, 15) is 14.9 Å². The van der Waals surface area contributed by atoms with Gasteiger partial charge in [-0.15, -0.1) is 0 Å². The van der Waals surface area contributed by atoms with Crippen molar-refractivity contribution < 1.29 is 23.9 Å². The first-order chi connectivity index (χ1) is 12.9. The predicted molar refractivity (Wildman–Crippen MR) is 101 cm³/mol. The number of methoxy groups -OCH3 is 3. The molecule has 144 valence electrons. The first kappa shape index (κ1) is 19.8. The highest BCUT2D eigenvalue weighted by Crippen LogP contribution is 2.31. The fraction of sp³-hybridized carbons (Fsp3) is 0.278. The Labute approximate surface area is 156 Å². The number of nitrogens with one attached hydrogen (secondary N) is 2. The fourth-order valence-corrected chi connectivity index (χ4v) is 2.38. The van der Waals surface area contributed by atoms with Crippen molar-refractivity contribution in [2.75, 3.05) is 32.0 Å². The van der Waals surface area contributed by atoms with Gasteiger partial charge in [0.25, 0.3) is 5.69 Å². The van der Waals surface area contributed by atoms with E-state index in [1.54, 1.807) is 32.2 Å². The maximum Gasteiger partial charge on any atom is 0.273 e. The quantitative estimate of drug-likeness (QED) is 0.539. The molecule has 0 heterocycles. The number of carbonyl (C=O) groups is 1. The molecule has 0 unspecified atom stereocenters. The van der Waals surface area contributed by atoms with Crippen molar-refractivity contribution in [2.24, 2.45) is 0 Å². The maximum absolute atomic E-state index is 12.5. The van der Waals surface area contributed by atoms with Crippen LogP contribution in [0.3, 0.4) is 0 Å². The number of ether oxygens (including phenoxy) is 3. The number of anilines is 2. The van der Waals surface area contributed by atoms with Gasteiger partial charge in [0.2, 0.25) is 5.91 Å². The lowest BCUT2D eigenvalue weighted by molar-refractivity contribution is -0.384. The van der Waals surface area contributed by atoms with E-state index in [4.69, 9.17) is 14.2 Å². The molecule has 0 aliphatic heterocycles. The summed E-state index contributed by atoms with van der Waals surface area (Å²) >= 11 is 0. The number of nitro benzene ring substituents is 1. The van der Waals surface area contributed by atoms with Crippen LogP contribution in [0.5, 0.6) is 17.2 Å². The van der Waals surface area contributed by atoms with E-state index in [2.05, 4.69) is 10.6 Å². The van der Waals surface area contributed by atoms with Gasteiger partial charge in [0.15, 0.2) is 11.5 Å². The molecule has 0 aromatic heterocycles. The summed E-state index contributed by atoms with van der Waals surface area (Å²) in [4.78, 5) is 22.8. The molecule has 0 aliphatic carbocycles. The number of hydrogen-bond acceptors (Lipinski definition) is 7. The number of non-ortho nitro benzene ring substituents is 1. The van der Waals surface area contributed by atoms with Crippen LogP contribution in [0, 0.1) is 10.1 Å². The third kappa shape index (κ3) is 4.78. The molecule has 0 radical (unpaired) electrons. The SMILES string of the molecule is COc1cc([N+](=O)[O-])ccc1NC(=O)[C@@H](C)Nc1ccc(OC)c(OC)c1. The van der Waals surface area contributed by atoms with Gasteiger partial charge in [0.1, 0.15) is 11.8 Å². The smallest absolute Gasteiger partial charge is 0.273 e. The molecule has 0 aliphatic rings. The number of hydrogen-bond donors (Lipinski definition) is 2. The highest BCUT2D eigenvalue weighted by atomic mass is 16.6. The second-order valence-corrected chi connectivity index (χ2v) is 5.57. The van der Waals surface area contributed by atoms with E-state index in [1.807, 2.05) is 0 Å². The van der Waals surface area contributed by atoms with Crippen molar-refractivity contribution in [3.8, 4) is 17.2 Å². The van der Waals surface area contributed by atoms with E-state index in [0.717, 1.165) is 0 Å². The van der Waals surface area contributed by atoms with Gasteiger partial charge in [-0.05, 0) is 25.1 Å². The Morgan fingerprint density at radius 3 is 2.26 bits per heavy atom. The molecule has 0 saturated carbocycles. The van der Waals surface area contributed by atoms with Gasteiger partial charge in [-0.25, -0.2) is 0 Å². The molecule has 27 heavy (non-hydrogen) atoms. The predicted octanol–water partition coefficient (Wildman–Crippen LogP) is 3.06. The number of nitrogens with zero attached hydrogens (tertiary/aromatic N) is 1. The summed E-state index contributed by atoms with van der Waals surface area (Å²) in [6.45, 7) is 1.68. The molecule has 0 fully saturated rings. The largest absolute Gasteiger partial charge is 0.494 e. The van der Waals surface area contributed by atoms with Gasteiger partial charge < -0.3 is 24.8 Å². The molecule has 9 heteroatoms. The highest BCUT2D eigenvalue weighted by Gasteiger charge is 2.18. The third-order valence-electron chi connectivity index (χ3n) is 3.81. The summed E-state index contributed by atoms with van der Waals surface area (Å²) in [5.41, 5.74) is 0.890. The van der Waals surface area contributed by atoms with Crippen molar-refractivity contribution in [2.45, 2.75) is 13.0 Å². The van der Waals surface area contributed by atoms with Gasteiger partial charge in [0.05, 0.1) is 38.0 Å². The molecule has 1 atom stereocenters. The number of amides is 1. The molecule has 2 aromatic rings. The van der Waals surface area contributed by atoms with Crippen LogP contribution < -0.4 is 24.8 Å². The van der Waals surface area contributed by atoms with E-state index < -0.39 is 11.0 Å². The normalized spacial score (nSPS) is 11.3. The lowest BCUT2D eigenvalue weighted by Gasteiger charge is -2.17. The van der Waals surface area contributed by atoms with Crippen molar-refractivity contribution in [1.29, 1.82) is 0 Å². The van der Waals surface area contributed by atoms with Gasteiger partial charge in [-0.3, -0.25) is 14.9 Å². The lowest BCUT2D eigenvalue weighted by Crippen LogP contribution is -2.32. The Kier molecular flexibility index (Phi) is 6.42. The molecular weight excluding hydrogens is 354 g/mol. The minimum atomic E-state index is -0.594. The molecule has 2 N–H and O–H groups in total. The summed E-state index contributed by atoms with van der Waals surface area (Å²) in [6.07, 6.45) is 0. The monoisotopic (exact) mass is 375 g/mol. The van der Waals surface area contributed by atoms with Crippen molar-refractivity contribution >= 4 is 23.0 Å². The van der Waals surface area contributed by atoms with Crippen LogP contribution in [0.4, 0.5) is 17.1 Å². The standard InChI is InChI=1S/C18H21N3O6/c1-11(19-12-5-8-15(25-2)17(9-12)27-4)18(22)20-14-7-6-13(21(23)24)10-16(14)26-3/h5-11,19H,1-4H3,(H,20,22)/t11-/m1/s1. The van der Waals surface area contributed by atoms with Gasteiger partial charge in [0, 0.05) is 17.8 Å². The van der Waals surface area contributed by atoms with Crippen LogP contribution in [0.25, 0.3) is 0 Å². The molecule has 0 bridgehead atoms. The number of rotatable bonds is 8. The maximum atomic E-state index is 12.5.